The highest BCUT2D eigenvalue weighted by Gasteiger charge is 2.55. The van der Waals surface area contributed by atoms with E-state index in [4.69, 9.17) is 0 Å². The van der Waals surface area contributed by atoms with E-state index in [1.54, 1.807) is 0 Å². The van der Waals surface area contributed by atoms with E-state index in [1.165, 1.54) is 19.9 Å². The molecule has 1 saturated carbocycles. The van der Waals surface area contributed by atoms with Gasteiger partial charge in [-0.25, -0.2) is 4.79 Å². The van der Waals surface area contributed by atoms with Crippen LogP contribution in [0, 0.1) is 19.8 Å². The zero-order chi connectivity index (χ0) is 20.9. The van der Waals surface area contributed by atoms with Crippen molar-refractivity contribution in [1.82, 2.24) is 14.8 Å². The molecule has 1 spiro atoms. The maximum absolute atomic E-state index is 13.0. The van der Waals surface area contributed by atoms with Crippen molar-refractivity contribution >= 4 is 17.7 Å². The minimum atomic E-state index is -4.41. The van der Waals surface area contributed by atoms with Crippen molar-refractivity contribution in [2.24, 2.45) is 5.92 Å². The number of imide groups is 1. The largest absolute Gasteiger partial charge is 0.406 e. The lowest BCUT2D eigenvalue weighted by molar-refractivity contribution is -0.141. The number of ketones is 1. The number of carbonyl (C=O) groups is 3. The van der Waals surface area contributed by atoms with E-state index in [1.807, 2.05) is 6.92 Å². The Hall–Kier alpha value is -2.32. The number of Topliss-reactive ketones (excluding diaryl/α,β-unsaturated/α-hetero) is 1. The molecule has 0 aromatic carbocycles. The number of rotatable bonds is 4. The smallest absolute Gasteiger partial charge is 0.339 e. The molecular formula is C19H24F3N3O3. The molecule has 1 N–H and O–H groups in total. The Morgan fingerprint density at radius 1 is 1.29 bits per heavy atom. The fourth-order valence-corrected chi connectivity index (χ4v) is 4.37. The van der Waals surface area contributed by atoms with Crippen molar-refractivity contribution in [2.45, 2.75) is 64.7 Å². The topological polar surface area (TPSA) is 71.4 Å². The van der Waals surface area contributed by atoms with E-state index in [0.717, 1.165) is 28.7 Å². The second kappa shape index (κ2) is 6.93. The third kappa shape index (κ3) is 3.42. The average Bonchev–Trinajstić information content (AvgIpc) is 2.99. The van der Waals surface area contributed by atoms with Gasteiger partial charge in [-0.15, -0.1) is 0 Å². The summed E-state index contributed by atoms with van der Waals surface area (Å²) in [6.07, 6.45) is -1.27. The van der Waals surface area contributed by atoms with Gasteiger partial charge in [-0.05, 0) is 38.7 Å². The molecule has 1 aromatic rings. The first-order valence-corrected chi connectivity index (χ1v) is 9.37. The van der Waals surface area contributed by atoms with E-state index >= 15 is 0 Å². The summed E-state index contributed by atoms with van der Waals surface area (Å²) in [5.41, 5.74) is -0.400. The molecule has 154 valence electrons. The van der Waals surface area contributed by atoms with Gasteiger partial charge in [-0.3, -0.25) is 14.5 Å². The summed E-state index contributed by atoms with van der Waals surface area (Å²) in [4.78, 5) is 39.0. The Kier molecular flexibility index (Phi) is 5.05. The van der Waals surface area contributed by atoms with Crippen molar-refractivity contribution in [3.8, 4) is 0 Å². The number of alkyl halides is 3. The third-order valence-corrected chi connectivity index (χ3v) is 6.01. The molecule has 0 radical (unpaired) electrons. The minimum absolute atomic E-state index is 0.0327. The van der Waals surface area contributed by atoms with E-state index < -0.39 is 42.5 Å². The van der Waals surface area contributed by atoms with Gasteiger partial charge < -0.3 is 9.88 Å². The predicted octanol–water partition coefficient (Wildman–Crippen LogP) is 3.35. The zero-order valence-corrected chi connectivity index (χ0v) is 16.2. The van der Waals surface area contributed by atoms with Gasteiger partial charge in [-0.1, -0.05) is 19.8 Å². The SMILES string of the molecule is Cc1cc(C(=O)CN2C(=O)N[C@@]3(CCCC[C@H]3C)C2=O)c(C)n1CC(F)(F)F. The molecular weight excluding hydrogens is 375 g/mol. The summed E-state index contributed by atoms with van der Waals surface area (Å²) in [6.45, 7) is 3.16. The Labute approximate surface area is 161 Å². The molecule has 9 heteroatoms. The Balaban J connectivity index is 1.81. The number of nitrogens with zero attached hydrogens (tertiary/aromatic N) is 2. The maximum atomic E-state index is 13.0. The van der Waals surface area contributed by atoms with Crippen LogP contribution in [0.5, 0.6) is 0 Å². The van der Waals surface area contributed by atoms with Crippen molar-refractivity contribution in [1.29, 1.82) is 0 Å². The molecule has 0 bridgehead atoms. The van der Waals surface area contributed by atoms with Crippen LogP contribution in [0.15, 0.2) is 6.07 Å². The lowest BCUT2D eigenvalue weighted by atomic mass is 9.73. The lowest BCUT2D eigenvalue weighted by Gasteiger charge is -2.36. The first kappa shape index (κ1) is 20.4. The van der Waals surface area contributed by atoms with Crippen LogP contribution in [0.2, 0.25) is 0 Å². The van der Waals surface area contributed by atoms with Gasteiger partial charge in [0.05, 0.1) is 6.54 Å². The molecule has 1 aliphatic carbocycles. The first-order valence-electron chi connectivity index (χ1n) is 9.37. The Morgan fingerprint density at radius 2 is 1.96 bits per heavy atom. The quantitative estimate of drug-likeness (QED) is 0.624. The van der Waals surface area contributed by atoms with Gasteiger partial charge in [0, 0.05) is 17.0 Å². The van der Waals surface area contributed by atoms with Gasteiger partial charge in [0.15, 0.2) is 5.78 Å². The van der Waals surface area contributed by atoms with Crippen LogP contribution in [0.1, 0.15) is 54.4 Å². The Morgan fingerprint density at radius 3 is 2.57 bits per heavy atom. The van der Waals surface area contributed by atoms with Crippen molar-refractivity contribution in [2.75, 3.05) is 6.54 Å². The molecule has 1 saturated heterocycles. The van der Waals surface area contributed by atoms with Crippen molar-refractivity contribution < 1.29 is 27.6 Å². The number of aryl methyl sites for hydroxylation is 1. The monoisotopic (exact) mass is 399 g/mol. The fourth-order valence-electron chi connectivity index (χ4n) is 4.37. The molecule has 2 heterocycles. The number of amides is 3. The average molecular weight is 399 g/mol. The molecule has 2 atom stereocenters. The normalized spacial score (nSPS) is 25.5. The van der Waals surface area contributed by atoms with Crippen molar-refractivity contribution in [3.63, 3.8) is 0 Å². The molecule has 6 nitrogen and oxygen atoms in total. The highest BCUT2D eigenvalue weighted by molar-refractivity contribution is 6.11. The highest BCUT2D eigenvalue weighted by atomic mass is 19.4. The van der Waals surface area contributed by atoms with Crippen molar-refractivity contribution in [3.05, 3.63) is 23.0 Å². The highest BCUT2D eigenvalue weighted by Crippen LogP contribution is 2.38. The summed E-state index contributed by atoms with van der Waals surface area (Å²) in [5.74, 6) is -0.998. The number of hydrogen-bond donors (Lipinski definition) is 1. The molecule has 1 aliphatic heterocycles. The van der Waals surface area contributed by atoms with Crippen LogP contribution in [0.3, 0.4) is 0 Å². The summed E-state index contributed by atoms with van der Waals surface area (Å²) >= 11 is 0. The number of urea groups is 1. The minimum Gasteiger partial charge on any atom is -0.339 e. The van der Waals surface area contributed by atoms with E-state index in [9.17, 15) is 27.6 Å². The molecule has 28 heavy (non-hydrogen) atoms. The number of nitrogens with one attached hydrogen (secondary N) is 1. The van der Waals surface area contributed by atoms with Gasteiger partial charge in [0.1, 0.15) is 12.1 Å². The summed E-state index contributed by atoms with van der Waals surface area (Å²) in [6, 6.07) is 0.761. The number of carbonyl (C=O) groups excluding carboxylic acids is 3. The van der Waals surface area contributed by atoms with E-state index in [0.29, 0.717) is 12.1 Å². The second-order valence-corrected chi connectivity index (χ2v) is 7.85. The van der Waals surface area contributed by atoms with Crippen LogP contribution in [-0.4, -0.2) is 45.4 Å². The van der Waals surface area contributed by atoms with E-state index in [2.05, 4.69) is 5.32 Å². The summed E-state index contributed by atoms with van der Waals surface area (Å²) < 4.78 is 39.3. The number of halogens is 3. The standard InChI is InChI=1S/C19H24F3N3O3/c1-11-6-4-5-7-18(11)16(27)24(17(28)23-18)9-15(26)14-8-12(2)25(13(14)3)10-19(20,21)22/h8,11H,4-7,9-10H2,1-3H3,(H,23,28)/t11-,18-/m1/s1. The van der Waals surface area contributed by atoms with Gasteiger partial charge >= 0.3 is 12.2 Å². The van der Waals surface area contributed by atoms with Crippen LogP contribution < -0.4 is 5.32 Å². The van der Waals surface area contributed by atoms with Crippen LogP contribution in [-0.2, 0) is 11.3 Å². The number of aromatic nitrogens is 1. The summed E-state index contributed by atoms with van der Waals surface area (Å²) in [5, 5.41) is 2.77. The van der Waals surface area contributed by atoms with Gasteiger partial charge in [0.25, 0.3) is 5.91 Å². The first-order chi connectivity index (χ1) is 13.0. The van der Waals surface area contributed by atoms with Gasteiger partial charge in [0.2, 0.25) is 0 Å². The zero-order valence-electron chi connectivity index (χ0n) is 16.2. The molecule has 2 aliphatic rings. The number of hydrogen-bond acceptors (Lipinski definition) is 3. The summed E-state index contributed by atoms with van der Waals surface area (Å²) in [7, 11) is 0. The lowest BCUT2D eigenvalue weighted by Crippen LogP contribution is -2.54. The molecule has 1 aromatic heterocycles. The third-order valence-electron chi connectivity index (χ3n) is 6.01. The molecule has 3 rings (SSSR count). The van der Waals surface area contributed by atoms with Crippen LogP contribution in [0.25, 0.3) is 0 Å². The van der Waals surface area contributed by atoms with Crippen LogP contribution >= 0.6 is 0 Å². The molecule has 0 unspecified atom stereocenters. The van der Waals surface area contributed by atoms with Gasteiger partial charge in [-0.2, -0.15) is 13.2 Å². The van der Waals surface area contributed by atoms with Crippen LogP contribution in [0.4, 0.5) is 18.0 Å². The fraction of sp³-hybridized carbons (Fsp3) is 0.632. The van der Waals surface area contributed by atoms with E-state index in [-0.39, 0.29) is 17.2 Å². The Bertz CT molecular complexity index is 830. The molecule has 3 amide bonds. The molecule has 2 fully saturated rings. The maximum Gasteiger partial charge on any atom is 0.406 e. The second-order valence-electron chi connectivity index (χ2n) is 7.85. The predicted molar refractivity (Wildman–Crippen MR) is 94.9 cm³/mol.